The Morgan fingerprint density at radius 3 is 2.46 bits per heavy atom. The Labute approximate surface area is 74.7 Å². The van der Waals surface area contributed by atoms with Crippen LogP contribution < -0.4 is 0 Å². The number of benzene rings is 1. The van der Waals surface area contributed by atoms with Gasteiger partial charge in [-0.3, -0.25) is 4.85 Å². The SMILES string of the molecule is [C-]#[N+]c1cccc(C(=O)O)c1[N+]#[C-]. The predicted molar refractivity (Wildman–Crippen MR) is 45.9 cm³/mol. The average molecular weight is 172 g/mol. The van der Waals surface area contributed by atoms with Crippen molar-refractivity contribution >= 4 is 17.3 Å². The lowest BCUT2D eigenvalue weighted by Crippen LogP contribution is -1.95. The van der Waals surface area contributed by atoms with Gasteiger partial charge in [0.25, 0.3) is 0 Å². The molecule has 0 spiro atoms. The predicted octanol–water partition coefficient (Wildman–Crippen LogP) is 2.49. The van der Waals surface area contributed by atoms with Gasteiger partial charge in [-0.05, 0) is 0 Å². The van der Waals surface area contributed by atoms with Crippen LogP contribution >= 0.6 is 0 Å². The lowest BCUT2D eigenvalue weighted by Gasteiger charge is -1.98. The van der Waals surface area contributed by atoms with Crippen molar-refractivity contribution in [2.24, 2.45) is 0 Å². The molecule has 0 bridgehead atoms. The summed E-state index contributed by atoms with van der Waals surface area (Å²) in [4.78, 5) is 16.7. The second kappa shape index (κ2) is 3.38. The Morgan fingerprint density at radius 1 is 1.31 bits per heavy atom. The third-order valence-corrected chi connectivity index (χ3v) is 1.48. The zero-order valence-corrected chi connectivity index (χ0v) is 6.48. The van der Waals surface area contributed by atoms with Gasteiger partial charge in [-0.2, -0.15) is 0 Å². The van der Waals surface area contributed by atoms with Crippen LogP contribution in [0.25, 0.3) is 9.69 Å². The van der Waals surface area contributed by atoms with Crippen LogP contribution in [0.5, 0.6) is 0 Å². The third kappa shape index (κ3) is 1.47. The van der Waals surface area contributed by atoms with Gasteiger partial charge in [-0.1, -0.05) is 18.2 Å². The van der Waals surface area contributed by atoms with Crippen molar-refractivity contribution in [3.8, 4) is 0 Å². The first-order valence-corrected chi connectivity index (χ1v) is 3.32. The van der Waals surface area contributed by atoms with Crippen LogP contribution in [-0.2, 0) is 0 Å². The van der Waals surface area contributed by atoms with Gasteiger partial charge in [0.05, 0.1) is 18.7 Å². The highest BCUT2D eigenvalue weighted by Crippen LogP contribution is 2.31. The highest BCUT2D eigenvalue weighted by molar-refractivity contribution is 5.98. The van der Waals surface area contributed by atoms with E-state index in [2.05, 4.69) is 9.69 Å². The molecule has 0 aromatic heterocycles. The lowest BCUT2D eigenvalue weighted by molar-refractivity contribution is 0.0698. The van der Waals surface area contributed by atoms with Gasteiger partial charge < -0.3 is 5.11 Å². The summed E-state index contributed by atoms with van der Waals surface area (Å²) in [5.41, 5.74) is -0.136. The first-order chi connectivity index (χ1) is 6.20. The number of nitrogens with zero attached hydrogens (tertiary/aromatic N) is 2. The van der Waals surface area contributed by atoms with E-state index < -0.39 is 5.97 Å². The number of hydrogen-bond donors (Lipinski definition) is 1. The zero-order chi connectivity index (χ0) is 9.84. The van der Waals surface area contributed by atoms with Crippen LogP contribution in [0.3, 0.4) is 0 Å². The van der Waals surface area contributed by atoms with Gasteiger partial charge in [0.15, 0.2) is 5.69 Å². The van der Waals surface area contributed by atoms with Gasteiger partial charge in [-0.15, -0.1) is 0 Å². The average Bonchev–Trinajstić information content (AvgIpc) is 2.16. The zero-order valence-electron chi connectivity index (χ0n) is 6.48. The fourth-order valence-corrected chi connectivity index (χ4v) is 0.912. The second-order valence-electron chi connectivity index (χ2n) is 2.20. The van der Waals surface area contributed by atoms with Crippen LogP contribution in [0.1, 0.15) is 10.4 Å². The molecule has 0 aliphatic carbocycles. The van der Waals surface area contributed by atoms with Crippen molar-refractivity contribution in [2.75, 3.05) is 0 Å². The Balaban J connectivity index is 3.49. The van der Waals surface area contributed by atoms with Gasteiger partial charge >= 0.3 is 5.97 Å². The molecule has 0 aliphatic heterocycles. The van der Waals surface area contributed by atoms with E-state index in [4.69, 9.17) is 18.3 Å². The van der Waals surface area contributed by atoms with Crippen molar-refractivity contribution in [3.63, 3.8) is 0 Å². The number of carboxylic acid groups (broad SMARTS) is 1. The summed E-state index contributed by atoms with van der Waals surface area (Å²) in [6, 6.07) is 4.18. The van der Waals surface area contributed by atoms with Crippen LogP contribution in [0.4, 0.5) is 11.4 Å². The van der Waals surface area contributed by atoms with E-state index in [9.17, 15) is 4.79 Å². The minimum absolute atomic E-state index is 0.0786. The Hall–Kier alpha value is -2.33. The number of aromatic carboxylic acids is 1. The van der Waals surface area contributed by atoms with E-state index in [1.807, 2.05) is 0 Å². The molecule has 0 saturated heterocycles. The molecule has 62 valence electrons. The van der Waals surface area contributed by atoms with Crippen molar-refractivity contribution in [1.29, 1.82) is 0 Å². The molecule has 0 amide bonds. The Kier molecular flexibility index (Phi) is 2.28. The van der Waals surface area contributed by atoms with Gasteiger partial charge in [-0.25, -0.2) is 9.64 Å². The van der Waals surface area contributed by atoms with Crippen molar-refractivity contribution in [3.05, 3.63) is 46.6 Å². The maximum absolute atomic E-state index is 10.6. The highest BCUT2D eigenvalue weighted by Gasteiger charge is 2.13. The maximum Gasteiger partial charge on any atom is 0.323 e. The molecular weight excluding hydrogens is 168 g/mol. The molecular formula is C9H4N2O2. The molecule has 4 nitrogen and oxygen atoms in total. The van der Waals surface area contributed by atoms with Gasteiger partial charge in [0.2, 0.25) is 5.69 Å². The molecule has 0 aliphatic rings. The topological polar surface area (TPSA) is 46.0 Å². The number of para-hydroxylation sites is 1. The highest BCUT2D eigenvalue weighted by atomic mass is 16.4. The summed E-state index contributed by atoms with van der Waals surface area (Å²) in [7, 11) is 0. The fraction of sp³-hybridized carbons (Fsp3) is 0. The van der Waals surface area contributed by atoms with E-state index in [1.54, 1.807) is 0 Å². The monoisotopic (exact) mass is 172 g/mol. The summed E-state index contributed by atoms with van der Waals surface area (Å²) >= 11 is 0. The first kappa shape index (κ1) is 8.76. The summed E-state index contributed by atoms with van der Waals surface area (Å²) in [6.07, 6.45) is 0. The molecule has 1 aromatic carbocycles. The Morgan fingerprint density at radius 2 is 2.00 bits per heavy atom. The first-order valence-electron chi connectivity index (χ1n) is 3.32. The van der Waals surface area contributed by atoms with Crippen LogP contribution in [0.2, 0.25) is 0 Å². The second-order valence-corrected chi connectivity index (χ2v) is 2.20. The molecule has 1 rings (SSSR count). The quantitative estimate of drug-likeness (QED) is 0.661. The van der Waals surface area contributed by atoms with Crippen LogP contribution in [0, 0.1) is 13.1 Å². The molecule has 0 unspecified atom stereocenters. The minimum atomic E-state index is -1.18. The largest absolute Gasteiger partial charge is 0.479 e. The van der Waals surface area contributed by atoms with Crippen molar-refractivity contribution in [1.82, 2.24) is 0 Å². The molecule has 1 aromatic rings. The Bertz CT molecular complexity index is 438. The smallest absolute Gasteiger partial charge is 0.323 e. The number of rotatable bonds is 1. The van der Waals surface area contributed by atoms with Crippen LogP contribution in [-0.4, -0.2) is 11.1 Å². The maximum atomic E-state index is 10.6. The van der Waals surface area contributed by atoms with E-state index in [1.165, 1.54) is 18.2 Å². The van der Waals surface area contributed by atoms with Gasteiger partial charge in [0.1, 0.15) is 0 Å². The lowest BCUT2D eigenvalue weighted by atomic mass is 10.1. The summed E-state index contributed by atoms with van der Waals surface area (Å²) in [6.45, 7) is 13.5. The van der Waals surface area contributed by atoms with E-state index in [-0.39, 0.29) is 16.9 Å². The molecule has 0 atom stereocenters. The summed E-state index contributed by atoms with van der Waals surface area (Å²) < 4.78 is 0. The molecule has 0 saturated carbocycles. The molecule has 1 N–H and O–H groups in total. The van der Waals surface area contributed by atoms with Gasteiger partial charge in [0, 0.05) is 0 Å². The molecule has 0 radical (unpaired) electrons. The molecule has 4 heteroatoms. The number of carboxylic acids is 1. The standard InChI is InChI=1S/C9H4N2O2/c1-10-7-5-3-4-6(9(12)13)8(7)11-2/h3-5H,(H,12,13). The van der Waals surface area contributed by atoms with E-state index in [0.29, 0.717) is 0 Å². The molecule has 0 heterocycles. The van der Waals surface area contributed by atoms with Crippen LogP contribution in [0.15, 0.2) is 18.2 Å². The number of hydrogen-bond acceptors (Lipinski definition) is 1. The number of carbonyl (C=O) groups is 1. The minimum Gasteiger partial charge on any atom is -0.479 e. The molecule has 0 fully saturated rings. The van der Waals surface area contributed by atoms with Crippen molar-refractivity contribution < 1.29 is 9.90 Å². The molecule has 13 heavy (non-hydrogen) atoms. The van der Waals surface area contributed by atoms with Crippen molar-refractivity contribution in [2.45, 2.75) is 0 Å². The fourth-order valence-electron chi connectivity index (χ4n) is 0.912. The van der Waals surface area contributed by atoms with E-state index >= 15 is 0 Å². The third-order valence-electron chi connectivity index (χ3n) is 1.48. The van der Waals surface area contributed by atoms with E-state index in [0.717, 1.165) is 0 Å². The summed E-state index contributed by atoms with van der Waals surface area (Å²) in [5, 5.41) is 8.67. The summed E-state index contributed by atoms with van der Waals surface area (Å²) in [5.74, 6) is -1.18. The normalized spacial score (nSPS) is 8.46.